The number of carbonyl (C=O) groups excluding carboxylic acids is 1. The molecule has 54 valence electrons. The van der Waals surface area contributed by atoms with E-state index in [2.05, 4.69) is 11.3 Å². The van der Waals surface area contributed by atoms with E-state index in [1.807, 2.05) is 6.08 Å². The van der Waals surface area contributed by atoms with Crippen molar-refractivity contribution in [3.05, 3.63) is 24.3 Å². The van der Waals surface area contributed by atoms with E-state index >= 15 is 0 Å². The summed E-state index contributed by atoms with van der Waals surface area (Å²) >= 11 is 0. The van der Waals surface area contributed by atoms with Crippen molar-refractivity contribution < 1.29 is 9.53 Å². The zero-order valence-corrected chi connectivity index (χ0v) is 5.96. The first-order chi connectivity index (χ1) is 4.79. The molecule has 0 aliphatic heterocycles. The minimum Gasteiger partial charge on any atom is -0.468 e. The van der Waals surface area contributed by atoms with Crippen molar-refractivity contribution in [1.82, 2.24) is 0 Å². The summed E-state index contributed by atoms with van der Waals surface area (Å²) in [5.41, 5.74) is 1.13. The molecule has 1 atom stereocenters. The van der Waals surface area contributed by atoms with Crippen molar-refractivity contribution in [1.29, 1.82) is 0 Å². The molecule has 1 aliphatic carbocycles. The average Bonchev–Trinajstić information content (AvgIpc) is 2.67. The van der Waals surface area contributed by atoms with Gasteiger partial charge in [0.15, 0.2) is 0 Å². The summed E-state index contributed by atoms with van der Waals surface area (Å²) in [6.45, 7) is 3.57. The molecule has 0 aromatic heterocycles. The zero-order chi connectivity index (χ0) is 7.56. The van der Waals surface area contributed by atoms with Gasteiger partial charge in [0.25, 0.3) is 0 Å². The fourth-order valence-corrected chi connectivity index (χ4v) is 0.874. The van der Waals surface area contributed by atoms with Crippen molar-refractivity contribution in [2.75, 3.05) is 7.11 Å². The molecule has 10 heavy (non-hydrogen) atoms. The van der Waals surface area contributed by atoms with Crippen molar-refractivity contribution in [3.63, 3.8) is 0 Å². The lowest BCUT2D eigenvalue weighted by Gasteiger charge is -1.94. The predicted molar refractivity (Wildman–Crippen MR) is 38.4 cm³/mol. The Kier molecular flexibility index (Phi) is 1.90. The van der Waals surface area contributed by atoms with Crippen molar-refractivity contribution >= 4 is 5.97 Å². The lowest BCUT2D eigenvalue weighted by Crippen LogP contribution is -2.04. The number of esters is 1. The molecule has 0 aromatic carbocycles. The number of ether oxygens (including phenoxy) is 1. The van der Waals surface area contributed by atoms with Gasteiger partial charge in [0.1, 0.15) is 0 Å². The third-order valence-electron chi connectivity index (χ3n) is 1.51. The van der Waals surface area contributed by atoms with Gasteiger partial charge in [-0.25, -0.2) is 0 Å². The Balaban J connectivity index is 2.28. The summed E-state index contributed by atoms with van der Waals surface area (Å²) in [6.07, 6.45) is 4.49. The van der Waals surface area contributed by atoms with E-state index in [1.165, 1.54) is 7.11 Å². The lowest BCUT2D eigenvalue weighted by molar-refractivity contribution is -0.141. The number of rotatable bonds is 3. The van der Waals surface area contributed by atoms with E-state index in [1.54, 1.807) is 6.08 Å². The molecule has 2 nitrogen and oxygen atoms in total. The van der Waals surface area contributed by atoms with Crippen LogP contribution in [-0.4, -0.2) is 13.1 Å². The van der Waals surface area contributed by atoms with Crippen LogP contribution < -0.4 is 0 Å². The Morgan fingerprint density at radius 1 is 2.00 bits per heavy atom. The molecule has 0 bridgehead atoms. The monoisotopic (exact) mass is 138 g/mol. The first-order valence-corrected chi connectivity index (χ1v) is 3.19. The number of methoxy groups -OCH3 is 1. The minimum atomic E-state index is -0.156. The predicted octanol–water partition coefficient (Wildman–Crippen LogP) is 1.29. The largest absolute Gasteiger partial charge is 0.468 e. The second kappa shape index (κ2) is 2.69. The van der Waals surface area contributed by atoms with Gasteiger partial charge in [-0.2, -0.15) is 0 Å². The van der Waals surface area contributed by atoms with Gasteiger partial charge in [-0.1, -0.05) is 17.7 Å². The SMILES string of the molecule is C=CCC1=CC1C(=O)OC. The molecular weight excluding hydrogens is 128 g/mol. The molecule has 1 unspecified atom stereocenters. The van der Waals surface area contributed by atoms with E-state index in [9.17, 15) is 4.79 Å². The highest BCUT2D eigenvalue weighted by atomic mass is 16.5. The summed E-state index contributed by atoms with van der Waals surface area (Å²) in [5, 5.41) is 0. The van der Waals surface area contributed by atoms with Crippen LogP contribution in [0, 0.1) is 5.92 Å². The lowest BCUT2D eigenvalue weighted by atomic mass is 10.2. The molecule has 0 saturated carbocycles. The van der Waals surface area contributed by atoms with E-state index in [0.717, 1.165) is 12.0 Å². The maximum absolute atomic E-state index is 10.8. The molecule has 0 heterocycles. The van der Waals surface area contributed by atoms with Gasteiger partial charge in [0.2, 0.25) is 0 Å². The summed E-state index contributed by atoms with van der Waals surface area (Å²) < 4.78 is 4.53. The molecule has 0 radical (unpaired) electrons. The van der Waals surface area contributed by atoms with Crippen LogP contribution in [0.5, 0.6) is 0 Å². The number of hydrogen-bond acceptors (Lipinski definition) is 2. The van der Waals surface area contributed by atoms with Crippen LogP contribution in [0.4, 0.5) is 0 Å². The van der Waals surface area contributed by atoms with Crippen LogP contribution in [0.25, 0.3) is 0 Å². The maximum Gasteiger partial charge on any atom is 0.316 e. The fourth-order valence-electron chi connectivity index (χ4n) is 0.874. The van der Waals surface area contributed by atoms with Crippen LogP contribution in [0.3, 0.4) is 0 Å². The molecule has 1 aliphatic rings. The summed E-state index contributed by atoms with van der Waals surface area (Å²) in [7, 11) is 1.40. The summed E-state index contributed by atoms with van der Waals surface area (Å²) in [5.74, 6) is -0.195. The highest BCUT2D eigenvalue weighted by Gasteiger charge is 2.31. The molecule has 2 heteroatoms. The molecule has 0 amide bonds. The van der Waals surface area contributed by atoms with E-state index in [4.69, 9.17) is 0 Å². The standard InChI is InChI=1S/C8H10O2/c1-3-4-6-5-7(6)8(9)10-2/h3,5,7H,1,4H2,2H3. The Bertz CT molecular complexity index is 191. The van der Waals surface area contributed by atoms with Crippen LogP contribution >= 0.6 is 0 Å². The summed E-state index contributed by atoms with van der Waals surface area (Å²) in [4.78, 5) is 10.8. The molecule has 0 spiro atoms. The van der Waals surface area contributed by atoms with Crippen molar-refractivity contribution in [2.24, 2.45) is 5.92 Å². The van der Waals surface area contributed by atoms with Gasteiger partial charge in [0, 0.05) is 0 Å². The van der Waals surface area contributed by atoms with Crippen molar-refractivity contribution in [3.8, 4) is 0 Å². The smallest absolute Gasteiger partial charge is 0.316 e. The van der Waals surface area contributed by atoms with Gasteiger partial charge >= 0.3 is 5.97 Å². The zero-order valence-electron chi connectivity index (χ0n) is 5.96. The van der Waals surface area contributed by atoms with Gasteiger partial charge in [0.05, 0.1) is 13.0 Å². The number of carbonyl (C=O) groups is 1. The van der Waals surface area contributed by atoms with Crippen LogP contribution in [-0.2, 0) is 9.53 Å². The average molecular weight is 138 g/mol. The Labute approximate surface area is 60.2 Å². The fraction of sp³-hybridized carbons (Fsp3) is 0.375. The van der Waals surface area contributed by atoms with E-state index in [-0.39, 0.29) is 11.9 Å². The van der Waals surface area contributed by atoms with E-state index in [0.29, 0.717) is 0 Å². The van der Waals surface area contributed by atoms with Gasteiger partial charge in [-0.15, -0.1) is 6.58 Å². The number of hydrogen-bond donors (Lipinski definition) is 0. The first kappa shape index (κ1) is 7.06. The molecule has 0 N–H and O–H groups in total. The quantitative estimate of drug-likeness (QED) is 0.434. The summed E-state index contributed by atoms with van der Waals surface area (Å²) in [6, 6.07) is 0. The minimum absolute atomic E-state index is 0.0389. The van der Waals surface area contributed by atoms with Crippen LogP contribution in [0.15, 0.2) is 24.3 Å². The van der Waals surface area contributed by atoms with Gasteiger partial charge in [-0.05, 0) is 6.42 Å². The highest BCUT2D eigenvalue weighted by molar-refractivity contribution is 5.83. The second-order valence-electron chi connectivity index (χ2n) is 2.24. The second-order valence-corrected chi connectivity index (χ2v) is 2.24. The van der Waals surface area contributed by atoms with E-state index < -0.39 is 0 Å². The maximum atomic E-state index is 10.8. The topological polar surface area (TPSA) is 26.3 Å². The van der Waals surface area contributed by atoms with Crippen LogP contribution in [0.2, 0.25) is 0 Å². The first-order valence-electron chi connectivity index (χ1n) is 3.19. The Morgan fingerprint density at radius 3 is 3.20 bits per heavy atom. The highest BCUT2D eigenvalue weighted by Crippen LogP contribution is 2.32. The third kappa shape index (κ3) is 1.26. The number of allylic oxidation sites excluding steroid dienone is 1. The van der Waals surface area contributed by atoms with Gasteiger partial charge < -0.3 is 4.74 Å². The Morgan fingerprint density at radius 2 is 2.70 bits per heavy atom. The molecule has 0 saturated heterocycles. The molecule has 1 rings (SSSR count). The molecular formula is C8H10O2. The third-order valence-corrected chi connectivity index (χ3v) is 1.51. The molecule has 0 aromatic rings. The Hall–Kier alpha value is -1.05. The van der Waals surface area contributed by atoms with Crippen molar-refractivity contribution in [2.45, 2.75) is 6.42 Å². The van der Waals surface area contributed by atoms with Crippen LogP contribution in [0.1, 0.15) is 6.42 Å². The molecule has 0 fully saturated rings. The normalized spacial score (nSPS) is 21.3. The van der Waals surface area contributed by atoms with Gasteiger partial charge in [-0.3, -0.25) is 4.79 Å².